The number of rotatable bonds is 6. The van der Waals surface area contributed by atoms with Gasteiger partial charge in [-0.15, -0.1) is 11.3 Å². The Morgan fingerprint density at radius 1 is 1.33 bits per heavy atom. The van der Waals surface area contributed by atoms with Gasteiger partial charge in [-0.2, -0.15) is 0 Å². The lowest BCUT2D eigenvalue weighted by Gasteiger charge is -2.12. The Labute approximate surface area is 112 Å². The lowest BCUT2D eigenvalue weighted by atomic mass is 10.1. The number of thiophene rings is 1. The van der Waals surface area contributed by atoms with Gasteiger partial charge >= 0.3 is 0 Å². The van der Waals surface area contributed by atoms with E-state index in [4.69, 9.17) is 15.2 Å². The number of hydrogen-bond donors (Lipinski definition) is 1. The van der Waals surface area contributed by atoms with Gasteiger partial charge in [0.2, 0.25) is 0 Å². The number of hydrogen-bond acceptors (Lipinski definition) is 4. The largest absolute Gasteiger partial charge is 0.382 e. The first-order chi connectivity index (χ1) is 8.76. The van der Waals surface area contributed by atoms with Gasteiger partial charge in [-0.1, -0.05) is 18.2 Å². The molecule has 0 radical (unpaired) electrons. The normalized spacial score (nSPS) is 13.1. The first-order valence-corrected chi connectivity index (χ1v) is 6.87. The second-order valence-electron chi connectivity index (χ2n) is 4.28. The minimum Gasteiger partial charge on any atom is -0.382 e. The summed E-state index contributed by atoms with van der Waals surface area (Å²) in [5.74, 6) is 0. The van der Waals surface area contributed by atoms with Gasteiger partial charge in [0.25, 0.3) is 0 Å². The van der Waals surface area contributed by atoms with Crippen molar-refractivity contribution >= 4 is 21.4 Å². The highest BCUT2D eigenvalue weighted by molar-refractivity contribution is 7.19. The molecule has 0 saturated carbocycles. The van der Waals surface area contributed by atoms with Crippen LogP contribution in [0.5, 0.6) is 0 Å². The standard InChI is InChI=1S/C14H19NO2S/c1-10(8-16-2)17-9-12-11-5-3-4-6-13(11)18-14(12)7-15/h3-6,10H,7-9,15H2,1-2H3. The van der Waals surface area contributed by atoms with Crippen molar-refractivity contribution in [3.05, 3.63) is 34.7 Å². The second-order valence-corrected chi connectivity index (χ2v) is 5.42. The van der Waals surface area contributed by atoms with E-state index < -0.39 is 0 Å². The minimum absolute atomic E-state index is 0.0966. The molecule has 0 saturated heterocycles. The monoisotopic (exact) mass is 265 g/mol. The molecule has 2 aromatic rings. The molecular formula is C14H19NO2S. The molecule has 98 valence electrons. The van der Waals surface area contributed by atoms with Gasteiger partial charge < -0.3 is 15.2 Å². The lowest BCUT2D eigenvalue weighted by Crippen LogP contribution is -2.15. The molecule has 1 aromatic heterocycles. The molecule has 18 heavy (non-hydrogen) atoms. The summed E-state index contributed by atoms with van der Waals surface area (Å²) >= 11 is 1.75. The van der Waals surface area contributed by atoms with E-state index >= 15 is 0 Å². The van der Waals surface area contributed by atoms with Crippen molar-refractivity contribution in [3.63, 3.8) is 0 Å². The van der Waals surface area contributed by atoms with Crippen LogP contribution in [0.4, 0.5) is 0 Å². The van der Waals surface area contributed by atoms with Gasteiger partial charge in [0.05, 0.1) is 19.3 Å². The molecule has 3 nitrogen and oxygen atoms in total. The Morgan fingerprint density at radius 3 is 2.83 bits per heavy atom. The highest BCUT2D eigenvalue weighted by Gasteiger charge is 2.12. The lowest BCUT2D eigenvalue weighted by molar-refractivity contribution is 0.000187. The van der Waals surface area contributed by atoms with E-state index in [0.717, 1.165) is 0 Å². The maximum absolute atomic E-state index is 5.81. The molecule has 0 amide bonds. The third-order valence-electron chi connectivity index (χ3n) is 2.88. The van der Waals surface area contributed by atoms with Gasteiger partial charge in [-0.3, -0.25) is 0 Å². The van der Waals surface area contributed by atoms with Crippen LogP contribution in [0.25, 0.3) is 10.1 Å². The molecule has 4 heteroatoms. The zero-order valence-corrected chi connectivity index (χ0v) is 11.6. The summed E-state index contributed by atoms with van der Waals surface area (Å²) in [6, 6.07) is 8.36. The third-order valence-corrected chi connectivity index (χ3v) is 4.12. The summed E-state index contributed by atoms with van der Waals surface area (Å²) in [5.41, 5.74) is 7.03. The molecule has 2 N–H and O–H groups in total. The van der Waals surface area contributed by atoms with Gasteiger partial charge in [0.1, 0.15) is 0 Å². The number of nitrogens with two attached hydrogens (primary N) is 1. The highest BCUT2D eigenvalue weighted by Crippen LogP contribution is 2.31. The van der Waals surface area contributed by atoms with Gasteiger partial charge in [0, 0.05) is 28.8 Å². The van der Waals surface area contributed by atoms with Crippen LogP contribution in [0.2, 0.25) is 0 Å². The maximum Gasteiger partial charge on any atom is 0.0784 e. The number of benzene rings is 1. The smallest absolute Gasteiger partial charge is 0.0784 e. The summed E-state index contributed by atoms with van der Waals surface area (Å²) < 4.78 is 12.1. The van der Waals surface area contributed by atoms with Crippen molar-refractivity contribution in [1.29, 1.82) is 0 Å². The zero-order valence-electron chi connectivity index (χ0n) is 10.8. The highest BCUT2D eigenvalue weighted by atomic mass is 32.1. The van der Waals surface area contributed by atoms with Crippen LogP contribution in [0, 0.1) is 0 Å². The minimum atomic E-state index is 0.0966. The average molecular weight is 265 g/mol. The predicted molar refractivity (Wildman–Crippen MR) is 75.8 cm³/mol. The molecule has 0 aliphatic rings. The summed E-state index contributed by atoms with van der Waals surface area (Å²) in [7, 11) is 1.69. The first-order valence-electron chi connectivity index (χ1n) is 6.06. The predicted octanol–water partition coefficient (Wildman–Crippen LogP) is 2.91. The molecule has 0 aliphatic carbocycles. The molecule has 1 heterocycles. The molecule has 0 spiro atoms. The SMILES string of the molecule is COCC(C)OCc1c(CN)sc2ccccc12. The Morgan fingerprint density at radius 2 is 2.11 bits per heavy atom. The molecule has 2 rings (SSSR count). The van der Waals surface area contributed by atoms with Crippen molar-refractivity contribution in [3.8, 4) is 0 Å². The van der Waals surface area contributed by atoms with Crippen molar-refractivity contribution in [1.82, 2.24) is 0 Å². The van der Waals surface area contributed by atoms with E-state index in [9.17, 15) is 0 Å². The molecule has 1 aromatic carbocycles. The Balaban J connectivity index is 2.20. The average Bonchev–Trinajstić information content (AvgIpc) is 2.74. The van der Waals surface area contributed by atoms with Crippen LogP contribution in [-0.2, 0) is 22.6 Å². The topological polar surface area (TPSA) is 44.5 Å². The first kappa shape index (κ1) is 13.5. The van der Waals surface area contributed by atoms with Crippen LogP contribution in [0.3, 0.4) is 0 Å². The van der Waals surface area contributed by atoms with Crippen LogP contribution in [0.15, 0.2) is 24.3 Å². The summed E-state index contributed by atoms with van der Waals surface area (Å²) in [4.78, 5) is 1.21. The van der Waals surface area contributed by atoms with E-state index in [1.54, 1.807) is 18.4 Å². The Hall–Kier alpha value is -0.940. The van der Waals surface area contributed by atoms with Crippen LogP contribution >= 0.6 is 11.3 Å². The van der Waals surface area contributed by atoms with E-state index in [1.807, 2.05) is 6.92 Å². The van der Waals surface area contributed by atoms with E-state index in [0.29, 0.717) is 19.8 Å². The molecule has 1 unspecified atom stereocenters. The number of fused-ring (bicyclic) bond motifs is 1. The molecule has 0 aliphatic heterocycles. The third kappa shape index (κ3) is 2.90. The van der Waals surface area contributed by atoms with E-state index in [-0.39, 0.29) is 6.10 Å². The fourth-order valence-electron chi connectivity index (χ4n) is 1.98. The zero-order chi connectivity index (χ0) is 13.0. The summed E-state index contributed by atoms with van der Waals surface area (Å²) in [6.07, 6.45) is 0.0966. The van der Waals surface area contributed by atoms with E-state index in [2.05, 4.69) is 24.3 Å². The van der Waals surface area contributed by atoms with Crippen LogP contribution in [0.1, 0.15) is 17.4 Å². The van der Waals surface area contributed by atoms with Gasteiger partial charge in [-0.05, 0) is 18.4 Å². The number of ether oxygens (including phenoxy) is 2. The Kier molecular flexibility index (Phi) is 4.72. The van der Waals surface area contributed by atoms with Gasteiger partial charge in [-0.25, -0.2) is 0 Å². The van der Waals surface area contributed by atoms with Gasteiger partial charge in [0.15, 0.2) is 0 Å². The molecular weight excluding hydrogens is 246 g/mol. The quantitative estimate of drug-likeness (QED) is 0.873. The fourth-order valence-corrected chi connectivity index (χ4v) is 3.07. The summed E-state index contributed by atoms with van der Waals surface area (Å²) in [5, 5.41) is 1.26. The van der Waals surface area contributed by atoms with Crippen molar-refractivity contribution in [2.24, 2.45) is 5.73 Å². The maximum atomic E-state index is 5.81. The second kappa shape index (κ2) is 6.29. The molecule has 1 atom stereocenters. The molecule has 0 fully saturated rings. The van der Waals surface area contributed by atoms with Crippen LogP contribution < -0.4 is 5.73 Å². The van der Waals surface area contributed by atoms with Crippen molar-refractivity contribution < 1.29 is 9.47 Å². The van der Waals surface area contributed by atoms with Crippen molar-refractivity contribution in [2.75, 3.05) is 13.7 Å². The Bertz CT molecular complexity index is 509. The fraction of sp³-hybridized carbons (Fsp3) is 0.429. The number of methoxy groups -OCH3 is 1. The van der Waals surface area contributed by atoms with Crippen LogP contribution in [-0.4, -0.2) is 19.8 Å². The summed E-state index contributed by atoms with van der Waals surface area (Å²) in [6.45, 7) is 3.79. The molecule has 0 bridgehead atoms. The van der Waals surface area contributed by atoms with E-state index in [1.165, 1.54) is 20.5 Å². The van der Waals surface area contributed by atoms with Crippen molar-refractivity contribution in [2.45, 2.75) is 26.2 Å².